The third-order valence-corrected chi connectivity index (χ3v) is 3.60. The van der Waals surface area contributed by atoms with Gasteiger partial charge in [0.1, 0.15) is 5.69 Å². The van der Waals surface area contributed by atoms with Crippen LogP contribution in [0.4, 0.5) is 0 Å². The SMILES string of the molecule is CCOC(=O)c1c(C)c(CCC(=O)NC(C)C)c(C)n1C. The van der Waals surface area contributed by atoms with Gasteiger partial charge in [-0.1, -0.05) is 0 Å². The summed E-state index contributed by atoms with van der Waals surface area (Å²) in [5.74, 6) is -0.274. The van der Waals surface area contributed by atoms with E-state index in [0.717, 1.165) is 16.8 Å². The normalized spacial score (nSPS) is 10.8. The van der Waals surface area contributed by atoms with Crippen LogP contribution >= 0.6 is 0 Å². The first-order valence-electron chi connectivity index (χ1n) is 7.40. The second-order valence-electron chi connectivity index (χ2n) is 5.54. The second-order valence-corrected chi connectivity index (χ2v) is 5.54. The molecule has 0 aliphatic rings. The Kier molecular flexibility index (Phi) is 6.00. The monoisotopic (exact) mass is 294 g/mol. The molecule has 5 nitrogen and oxygen atoms in total. The number of hydrogen-bond acceptors (Lipinski definition) is 3. The highest BCUT2D eigenvalue weighted by atomic mass is 16.5. The molecule has 0 fully saturated rings. The molecule has 0 spiro atoms. The summed E-state index contributed by atoms with van der Waals surface area (Å²) in [5, 5.41) is 2.88. The minimum Gasteiger partial charge on any atom is -0.461 e. The van der Waals surface area contributed by atoms with E-state index in [0.29, 0.717) is 25.1 Å². The van der Waals surface area contributed by atoms with Crippen LogP contribution in [-0.4, -0.2) is 29.1 Å². The Morgan fingerprint density at radius 3 is 2.43 bits per heavy atom. The quantitative estimate of drug-likeness (QED) is 0.819. The average molecular weight is 294 g/mol. The van der Waals surface area contributed by atoms with Crippen LogP contribution in [0, 0.1) is 13.8 Å². The zero-order valence-corrected chi connectivity index (χ0v) is 13.9. The number of nitrogens with one attached hydrogen (secondary N) is 1. The summed E-state index contributed by atoms with van der Waals surface area (Å²) in [7, 11) is 1.85. The molecule has 0 radical (unpaired) electrons. The fourth-order valence-electron chi connectivity index (χ4n) is 2.53. The van der Waals surface area contributed by atoms with Gasteiger partial charge in [0.25, 0.3) is 0 Å². The molecular formula is C16H26N2O3. The van der Waals surface area contributed by atoms with Gasteiger partial charge in [0, 0.05) is 25.2 Å². The van der Waals surface area contributed by atoms with Gasteiger partial charge in [-0.15, -0.1) is 0 Å². The summed E-state index contributed by atoms with van der Waals surface area (Å²) in [4.78, 5) is 23.8. The number of nitrogens with zero attached hydrogens (tertiary/aromatic N) is 1. The van der Waals surface area contributed by atoms with E-state index in [9.17, 15) is 9.59 Å². The van der Waals surface area contributed by atoms with E-state index in [1.807, 2.05) is 39.3 Å². The van der Waals surface area contributed by atoms with Crippen molar-refractivity contribution in [2.45, 2.75) is 53.5 Å². The van der Waals surface area contributed by atoms with Crippen LogP contribution in [0.15, 0.2) is 0 Å². The molecule has 1 aromatic rings. The Bertz CT molecular complexity index is 530. The van der Waals surface area contributed by atoms with Crippen molar-refractivity contribution < 1.29 is 14.3 Å². The smallest absolute Gasteiger partial charge is 0.355 e. The molecule has 118 valence electrons. The summed E-state index contributed by atoms with van der Waals surface area (Å²) in [5.41, 5.74) is 3.55. The molecule has 1 rings (SSSR count). The maximum atomic E-state index is 12.0. The summed E-state index contributed by atoms with van der Waals surface area (Å²) in [6, 6.07) is 0.144. The molecule has 0 saturated heterocycles. The number of carbonyl (C=O) groups is 2. The van der Waals surface area contributed by atoms with Crippen LogP contribution in [0.3, 0.4) is 0 Å². The molecule has 0 aliphatic heterocycles. The van der Waals surface area contributed by atoms with Gasteiger partial charge in [0.05, 0.1) is 6.61 Å². The van der Waals surface area contributed by atoms with Crippen molar-refractivity contribution in [2.24, 2.45) is 7.05 Å². The van der Waals surface area contributed by atoms with Crippen molar-refractivity contribution in [1.29, 1.82) is 0 Å². The van der Waals surface area contributed by atoms with Gasteiger partial charge in [0.2, 0.25) is 5.91 Å². The Balaban J connectivity index is 2.92. The minimum atomic E-state index is -0.307. The molecule has 0 atom stereocenters. The third-order valence-electron chi connectivity index (χ3n) is 3.60. The van der Waals surface area contributed by atoms with Gasteiger partial charge < -0.3 is 14.6 Å². The van der Waals surface area contributed by atoms with Gasteiger partial charge in [-0.2, -0.15) is 0 Å². The van der Waals surface area contributed by atoms with E-state index < -0.39 is 0 Å². The molecule has 0 aromatic carbocycles. The Labute approximate surface area is 126 Å². The third kappa shape index (κ3) is 4.09. The van der Waals surface area contributed by atoms with Crippen LogP contribution in [0.5, 0.6) is 0 Å². The maximum Gasteiger partial charge on any atom is 0.355 e. The fraction of sp³-hybridized carbons (Fsp3) is 0.625. The van der Waals surface area contributed by atoms with Crippen molar-refractivity contribution in [1.82, 2.24) is 9.88 Å². The van der Waals surface area contributed by atoms with Crippen molar-refractivity contribution >= 4 is 11.9 Å². The lowest BCUT2D eigenvalue weighted by Gasteiger charge is -2.08. The van der Waals surface area contributed by atoms with Crippen molar-refractivity contribution in [3.8, 4) is 0 Å². The predicted octanol–water partition coefficient (Wildman–Crippen LogP) is 2.28. The van der Waals surface area contributed by atoms with E-state index in [-0.39, 0.29) is 17.9 Å². The first kappa shape index (κ1) is 17.3. The van der Waals surface area contributed by atoms with Gasteiger partial charge in [0.15, 0.2) is 0 Å². The number of esters is 1. The number of rotatable bonds is 6. The summed E-state index contributed by atoms with van der Waals surface area (Å²) >= 11 is 0. The standard InChI is InChI=1S/C16H26N2O3/c1-7-21-16(20)15-11(4)13(12(5)18(15)6)8-9-14(19)17-10(2)3/h10H,7-9H2,1-6H3,(H,17,19). The molecule has 1 heterocycles. The Morgan fingerprint density at radius 2 is 1.90 bits per heavy atom. The van der Waals surface area contributed by atoms with Crippen molar-refractivity contribution in [3.63, 3.8) is 0 Å². The lowest BCUT2D eigenvalue weighted by Crippen LogP contribution is -2.30. The van der Waals surface area contributed by atoms with Crippen molar-refractivity contribution in [3.05, 3.63) is 22.5 Å². The van der Waals surface area contributed by atoms with Crippen LogP contribution in [-0.2, 0) is 23.0 Å². The number of hydrogen-bond donors (Lipinski definition) is 1. The molecule has 5 heteroatoms. The topological polar surface area (TPSA) is 60.3 Å². The average Bonchev–Trinajstić information content (AvgIpc) is 2.58. The molecule has 1 N–H and O–H groups in total. The highest BCUT2D eigenvalue weighted by Gasteiger charge is 2.21. The molecule has 1 aromatic heterocycles. The van der Waals surface area contributed by atoms with Gasteiger partial charge in [-0.25, -0.2) is 4.79 Å². The van der Waals surface area contributed by atoms with Crippen LogP contribution in [0.25, 0.3) is 0 Å². The van der Waals surface area contributed by atoms with Crippen LogP contribution in [0.2, 0.25) is 0 Å². The summed E-state index contributed by atoms with van der Waals surface area (Å²) in [6.45, 7) is 9.90. The fourth-order valence-corrected chi connectivity index (χ4v) is 2.53. The molecule has 0 aliphatic carbocycles. The van der Waals surface area contributed by atoms with E-state index in [4.69, 9.17) is 4.74 Å². The maximum absolute atomic E-state index is 12.0. The first-order chi connectivity index (χ1) is 9.79. The molecule has 0 saturated carbocycles. The summed E-state index contributed by atoms with van der Waals surface area (Å²) < 4.78 is 6.95. The van der Waals surface area contributed by atoms with Crippen LogP contribution in [0.1, 0.15) is 54.5 Å². The van der Waals surface area contributed by atoms with E-state index in [1.54, 1.807) is 6.92 Å². The van der Waals surface area contributed by atoms with E-state index in [2.05, 4.69) is 5.32 Å². The number of aromatic nitrogens is 1. The second kappa shape index (κ2) is 7.29. The van der Waals surface area contributed by atoms with Gasteiger partial charge in [-0.05, 0) is 52.2 Å². The predicted molar refractivity (Wildman–Crippen MR) is 82.4 cm³/mol. The first-order valence-corrected chi connectivity index (χ1v) is 7.40. The zero-order chi connectivity index (χ0) is 16.2. The summed E-state index contributed by atoms with van der Waals surface area (Å²) in [6.07, 6.45) is 1.05. The molecular weight excluding hydrogens is 268 g/mol. The van der Waals surface area contributed by atoms with Crippen molar-refractivity contribution in [2.75, 3.05) is 6.61 Å². The zero-order valence-electron chi connectivity index (χ0n) is 13.9. The van der Waals surface area contributed by atoms with E-state index >= 15 is 0 Å². The highest BCUT2D eigenvalue weighted by Crippen LogP contribution is 2.23. The van der Waals surface area contributed by atoms with E-state index in [1.165, 1.54) is 0 Å². The van der Waals surface area contributed by atoms with Gasteiger partial charge in [-0.3, -0.25) is 4.79 Å². The van der Waals surface area contributed by atoms with Gasteiger partial charge >= 0.3 is 5.97 Å². The minimum absolute atomic E-state index is 0.0327. The Hall–Kier alpha value is -1.78. The lowest BCUT2D eigenvalue weighted by atomic mass is 10.0. The molecule has 1 amide bonds. The largest absolute Gasteiger partial charge is 0.461 e. The number of ether oxygens (including phenoxy) is 1. The molecule has 0 unspecified atom stereocenters. The molecule has 21 heavy (non-hydrogen) atoms. The van der Waals surface area contributed by atoms with Crippen LogP contribution < -0.4 is 5.32 Å². The number of amides is 1. The number of carbonyl (C=O) groups excluding carboxylic acids is 2. The lowest BCUT2D eigenvalue weighted by molar-refractivity contribution is -0.121. The molecule has 0 bridgehead atoms. The highest BCUT2D eigenvalue weighted by molar-refractivity contribution is 5.90. The Morgan fingerprint density at radius 1 is 1.29 bits per heavy atom.